The predicted octanol–water partition coefficient (Wildman–Crippen LogP) is 6.45. The first kappa shape index (κ1) is 23.7. The highest BCUT2D eigenvalue weighted by Crippen LogP contribution is 2.58. The zero-order valence-electron chi connectivity index (χ0n) is 20.5. The summed E-state index contributed by atoms with van der Waals surface area (Å²) in [6.07, 6.45) is 10.9. The molecule has 36 heavy (non-hydrogen) atoms. The maximum Gasteiger partial charge on any atom is 0.341 e. The fourth-order valence-electron chi connectivity index (χ4n) is 7.03. The minimum Gasteiger partial charge on any atom is -0.462 e. The lowest BCUT2D eigenvalue weighted by Gasteiger charge is -2.56. The van der Waals surface area contributed by atoms with E-state index < -0.39 is 0 Å². The number of nitrogens with zero attached hydrogens (tertiary/aromatic N) is 2. The normalized spacial score (nSPS) is 26.1. The summed E-state index contributed by atoms with van der Waals surface area (Å²) in [5.41, 5.74) is 1.88. The van der Waals surface area contributed by atoms with Crippen LogP contribution in [-0.4, -0.2) is 27.5 Å². The van der Waals surface area contributed by atoms with E-state index in [1.165, 1.54) is 55.4 Å². The number of ether oxygens (including phenoxy) is 1. The van der Waals surface area contributed by atoms with Gasteiger partial charge < -0.3 is 15.4 Å². The van der Waals surface area contributed by atoms with Crippen LogP contribution in [0.1, 0.15) is 66.2 Å². The molecule has 0 saturated heterocycles. The van der Waals surface area contributed by atoms with E-state index in [0.717, 1.165) is 34.9 Å². The van der Waals surface area contributed by atoms with Gasteiger partial charge in [-0.15, -0.1) is 11.3 Å². The Morgan fingerprint density at radius 1 is 1.11 bits per heavy atom. The van der Waals surface area contributed by atoms with E-state index in [2.05, 4.69) is 33.6 Å². The number of hydrogen-bond donors (Lipinski definition) is 2. The molecular formula is C28H32N4O2S2. The van der Waals surface area contributed by atoms with Gasteiger partial charge in [-0.05, 0) is 87.1 Å². The molecule has 4 bridgehead atoms. The average molecular weight is 521 g/mol. The van der Waals surface area contributed by atoms with Crippen LogP contribution in [-0.2, 0) is 16.7 Å². The zero-order chi connectivity index (χ0) is 24.7. The lowest BCUT2D eigenvalue weighted by Crippen LogP contribution is -2.52. The first-order chi connectivity index (χ1) is 17.5. The van der Waals surface area contributed by atoms with E-state index in [9.17, 15) is 4.79 Å². The standard InChI is InChI=1S/C28H32N4O2S2/c1-2-34-26(33)23-14-22(13-18-6-4-3-5-7-18)36-25(23)30-27(35)29-24-8-9-32(31-24)28-15-19-10-20(16-28)12-21(11-19)17-28/h3-9,14,19-21H,2,10-13,15-17H2,1H3,(H2,29,30,31,35). The number of benzene rings is 1. The van der Waals surface area contributed by atoms with Crippen LogP contribution in [0.2, 0.25) is 0 Å². The van der Waals surface area contributed by atoms with Crippen molar-refractivity contribution in [2.24, 2.45) is 17.8 Å². The number of thiocarbonyl (C=S) groups is 1. The molecule has 6 nitrogen and oxygen atoms in total. The molecule has 7 rings (SSSR count). The second-order valence-corrected chi connectivity index (χ2v) is 12.2. The second kappa shape index (κ2) is 9.63. The van der Waals surface area contributed by atoms with Crippen molar-refractivity contribution in [3.8, 4) is 0 Å². The molecule has 1 aromatic carbocycles. The summed E-state index contributed by atoms with van der Waals surface area (Å²) >= 11 is 7.15. The zero-order valence-corrected chi connectivity index (χ0v) is 22.2. The molecule has 188 valence electrons. The van der Waals surface area contributed by atoms with E-state index >= 15 is 0 Å². The molecule has 0 amide bonds. The van der Waals surface area contributed by atoms with E-state index in [1.54, 1.807) is 0 Å². The van der Waals surface area contributed by atoms with Gasteiger partial charge in [0.05, 0.1) is 17.7 Å². The van der Waals surface area contributed by atoms with Crippen molar-refractivity contribution in [1.29, 1.82) is 0 Å². The number of carbonyl (C=O) groups is 1. The Hall–Kier alpha value is -2.71. The maximum absolute atomic E-state index is 12.6. The number of carbonyl (C=O) groups excluding carboxylic acids is 1. The van der Waals surface area contributed by atoms with E-state index in [1.807, 2.05) is 37.3 Å². The first-order valence-electron chi connectivity index (χ1n) is 13.0. The third kappa shape index (κ3) is 4.68. The number of thiophene rings is 1. The third-order valence-electron chi connectivity index (χ3n) is 8.05. The Kier molecular flexibility index (Phi) is 6.33. The van der Waals surface area contributed by atoms with E-state index in [-0.39, 0.29) is 11.5 Å². The number of rotatable bonds is 7. The molecule has 0 atom stereocenters. The average Bonchev–Trinajstić information content (AvgIpc) is 3.46. The largest absolute Gasteiger partial charge is 0.462 e. The molecule has 0 radical (unpaired) electrons. The van der Waals surface area contributed by atoms with Crippen molar-refractivity contribution in [1.82, 2.24) is 9.78 Å². The summed E-state index contributed by atoms with van der Waals surface area (Å²) in [7, 11) is 0. The van der Waals surface area contributed by atoms with Crippen molar-refractivity contribution in [2.75, 3.05) is 17.2 Å². The lowest BCUT2D eigenvalue weighted by molar-refractivity contribution is -0.0492. The van der Waals surface area contributed by atoms with Crippen molar-refractivity contribution < 1.29 is 9.53 Å². The van der Waals surface area contributed by atoms with Gasteiger partial charge in [-0.2, -0.15) is 5.10 Å². The van der Waals surface area contributed by atoms with Crippen LogP contribution in [0, 0.1) is 17.8 Å². The number of aromatic nitrogens is 2. The first-order valence-corrected chi connectivity index (χ1v) is 14.2. The van der Waals surface area contributed by atoms with Crippen LogP contribution >= 0.6 is 23.6 Å². The summed E-state index contributed by atoms with van der Waals surface area (Å²) in [6.45, 7) is 2.14. The molecule has 2 aromatic heterocycles. The smallest absolute Gasteiger partial charge is 0.341 e. The van der Waals surface area contributed by atoms with Gasteiger partial charge in [-0.1, -0.05) is 30.3 Å². The fraction of sp³-hybridized carbons (Fsp3) is 0.464. The number of hydrogen-bond acceptors (Lipinski definition) is 5. The summed E-state index contributed by atoms with van der Waals surface area (Å²) < 4.78 is 7.52. The molecule has 3 aromatic rings. The Morgan fingerprint density at radius 2 is 1.81 bits per heavy atom. The molecule has 0 aliphatic heterocycles. The van der Waals surface area contributed by atoms with Gasteiger partial charge in [-0.25, -0.2) is 4.79 Å². The minimum atomic E-state index is -0.343. The highest BCUT2D eigenvalue weighted by molar-refractivity contribution is 7.80. The molecule has 2 N–H and O–H groups in total. The van der Waals surface area contributed by atoms with Gasteiger partial charge in [0.15, 0.2) is 10.9 Å². The quantitative estimate of drug-likeness (QED) is 0.276. The molecule has 4 fully saturated rings. The Morgan fingerprint density at radius 3 is 2.47 bits per heavy atom. The van der Waals surface area contributed by atoms with Gasteiger partial charge in [0.1, 0.15) is 5.00 Å². The third-order valence-corrected chi connectivity index (χ3v) is 9.30. The Labute approximate surface area is 221 Å². The van der Waals surface area contributed by atoms with Crippen molar-refractivity contribution >= 4 is 45.5 Å². The van der Waals surface area contributed by atoms with Crippen LogP contribution < -0.4 is 10.6 Å². The second-order valence-electron chi connectivity index (χ2n) is 10.7. The monoisotopic (exact) mass is 520 g/mol. The maximum atomic E-state index is 12.6. The van der Waals surface area contributed by atoms with Crippen LogP contribution in [0.15, 0.2) is 48.7 Å². The minimum absolute atomic E-state index is 0.181. The number of esters is 1. The van der Waals surface area contributed by atoms with Crippen molar-refractivity contribution in [3.63, 3.8) is 0 Å². The Balaban J connectivity index is 1.16. The molecule has 2 heterocycles. The van der Waals surface area contributed by atoms with Crippen molar-refractivity contribution in [3.05, 3.63) is 64.7 Å². The van der Waals surface area contributed by atoms with Gasteiger partial charge in [0.2, 0.25) is 0 Å². The van der Waals surface area contributed by atoms with Crippen molar-refractivity contribution in [2.45, 2.75) is 57.4 Å². The molecule has 4 aliphatic carbocycles. The molecule has 0 unspecified atom stereocenters. The summed E-state index contributed by atoms with van der Waals surface area (Å²) in [6, 6.07) is 14.1. The molecule has 4 aliphatic rings. The lowest BCUT2D eigenvalue weighted by atomic mass is 9.53. The fourth-order valence-corrected chi connectivity index (χ4v) is 8.38. The molecule has 0 spiro atoms. The topological polar surface area (TPSA) is 68.2 Å². The van der Waals surface area contributed by atoms with Crippen LogP contribution in [0.3, 0.4) is 0 Å². The SMILES string of the molecule is CCOC(=O)c1cc(Cc2ccccc2)sc1NC(=S)Nc1ccn(C23CC4CC(CC(C4)C2)C3)n1. The van der Waals surface area contributed by atoms with Gasteiger partial charge >= 0.3 is 5.97 Å². The number of anilines is 2. The highest BCUT2D eigenvalue weighted by atomic mass is 32.1. The predicted molar refractivity (Wildman–Crippen MR) is 148 cm³/mol. The van der Waals surface area contributed by atoms with E-state index in [0.29, 0.717) is 22.3 Å². The van der Waals surface area contributed by atoms with Crippen LogP contribution in [0.5, 0.6) is 0 Å². The highest BCUT2D eigenvalue weighted by Gasteiger charge is 2.52. The molecule has 8 heteroatoms. The summed E-state index contributed by atoms with van der Waals surface area (Å²) in [5.74, 6) is 2.99. The van der Waals surface area contributed by atoms with Crippen LogP contribution in [0.4, 0.5) is 10.8 Å². The van der Waals surface area contributed by atoms with Crippen LogP contribution in [0.25, 0.3) is 0 Å². The number of nitrogens with one attached hydrogen (secondary N) is 2. The van der Waals surface area contributed by atoms with Gasteiger partial charge in [0.25, 0.3) is 0 Å². The summed E-state index contributed by atoms with van der Waals surface area (Å²) in [4.78, 5) is 13.7. The summed E-state index contributed by atoms with van der Waals surface area (Å²) in [5, 5.41) is 12.5. The molecular weight excluding hydrogens is 488 g/mol. The van der Waals surface area contributed by atoms with E-state index in [4.69, 9.17) is 22.1 Å². The van der Waals surface area contributed by atoms with Gasteiger partial charge in [0, 0.05) is 23.6 Å². The Bertz CT molecular complexity index is 1230. The van der Waals surface area contributed by atoms with Gasteiger partial charge in [-0.3, -0.25) is 4.68 Å². The molecule has 4 saturated carbocycles.